The highest BCUT2D eigenvalue weighted by Crippen LogP contribution is 2.72. The molecule has 0 spiro atoms. The molecule has 2 aliphatic heterocycles. The van der Waals surface area contributed by atoms with Gasteiger partial charge in [-0.3, -0.25) is 0 Å². The molecular formula is C24H40P2. The molecule has 2 heteroatoms. The lowest BCUT2D eigenvalue weighted by atomic mass is 10.1. The average Bonchev–Trinajstić information content (AvgIpc) is 2.85. The van der Waals surface area contributed by atoms with Gasteiger partial charge in [0.1, 0.15) is 10.6 Å². The van der Waals surface area contributed by atoms with Crippen molar-refractivity contribution in [1.82, 2.24) is 0 Å². The monoisotopic (exact) mass is 390 g/mol. The summed E-state index contributed by atoms with van der Waals surface area (Å²) in [5.74, 6) is 0. The van der Waals surface area contributed by atoms with Crippen LogP contribution in [0.25, 0.3) is 0 Å². The van der Waals surface area contributed by atoms with E-state index in [2.05, 4.69) is 52.0 Å². The van der Waals surface area contributed by atoms with Crippen molar-refractivity contribution >= 4 is 25.1 Å². The highest BCUT2D eigenvalue weighted by Gasteiger charge is 2.48. The summed E-state index contributed by atoms with van der Waals surface area (Å²) >= 11 is 0. The Labute approximate surface area is 164 Å². The molecule has 2 unspecified atom stereocenters. The summed E-state index contributed by atoms with van der Waals surface area (Å²) in [5.41, 5.74) is 3.02. The molecule has 0 aromatic heterocycles. The van der Waals surface area contributed by atoms with Crippen molar-refractivity contribution < 1.29 is 0 Å². The van der Waals surface area contributed by atoms with E-state index < -0.39 is 14.5 Å². The Morgan fingerprint density at radius 1 is 0.615 bits per heavy atom. The van der Waals surface area contributed by atoms with Gasteiger partial charge in [-0.1, -0.05) is 26.7 Å². The van der Waals surface area contributed by atoms with Crippen LogP contribution in [0, 0.1) is 13.3 Å². The van der Waals surface area contributed by atoms with Crippen molar-refractivity contribution in [2.45, 2.75) is 102 Å². The van der Waals surface area contributed by atoms with Crippen LogP contribution in [0.15, 0.2) is 24.3 Å². The summed E-state index contributed by atoms with van der Waals surface area (Å²) in [4.78, 5) is 0. The molecular weight excluding hydrogens is 350 g/mol. The predicted octanol–water partition coefficient (Wildman–Crippen LogP) is 7.26. The molecule has 0 aliphatic carbocycles. The fourth-order valence-corrected chi connectivity index (χ4v) is 14.7. The lowest BCUT2D eigenvalue weighted by Crippen LogP contribution is -2.39. The third-order valence-electron chi connectivity index (χ3n) is 7.91. The number of hydrogen-bond donors (Lipinski definition) is 0. The largest absolute Gasteiger partial charge is 0.174 e. The van der Waals surface area contributed by atoms with Gasteiger partial charge >= 0.3 is 0 Å². The van der Waals surface area contributed by atoms with Crippen molar-refractivity contribution in [3.63, 3.8) is 0 Å². The van der Waals surface area contributed by atoms with E-state index in [0.717, 1.165) is 22.6 Å². The van der Waals surface area contributed by atoms with Crippen LogP contribution in [0.2, 0.25) is 0 Å². The summed E-state index contributed by atoms with van der Waals surface area (Å²) in [5, 5.41) is 3.34. The van der Waals surface area contributed by atoms with Crippen LogP contribution in [-0.2, 0) is 0 Å². The van der Waals surface area contributed by atoms with Gasteiger partial charge in [-0.05, 0) is 91.2 Å². The molecule has 6 atom stereocenters. The van der Waals surface area contributed by atoms with Gasteiger partial charge in [0, 0.05) is 22.6 Å². The van der Waals surface area contributed by atoms with Crippen molar-refractivity contribution in [1.29, 1.82) is 0 Å². The first kappa shape index (κ1) is 20.8. The van der Waals surface area contributed by atoms with E-state index in [0.29, 0.717) is 0 Å². The summed E-state index contributed by atoms with van der Waals surface area (Å²) in [6, 6.07) is 9.53. The van der Waals surface area contributed by atoms with Crippen LogP contribution in [-0.4, -0.2) is 22.6 Å². The summed E-state index contributed by atoms with van der Waals surface area (Å²) < 4.78 is 0. The molecule has 3 rings (SSSR count). The van der Waals surface area contributed by atoms with Crippen LogP contribution in [0.5, 0.6) is 0 Å². The van der Waals surface area contributed by atoms with E-state index in [9.17, 15) is 0 Å². The molecule has 0 N–H and O–H groups in total. The fourth-order valence-electron chi connectivity index (χ4n) is 5.67. The number of hydrogen-bond acceptors (Lipinski definition) is 0. The number of rotatable bonds is 2. The molecule has 0 nitrogen and oxygen atoms in total. The topological polar surface area (TPSA) is 0 Å². The molecule has 1 aromatic rings. The third kappa shape index (κ3) is 3.44. The van der Waals surface area contributed by atoms with Crippen LogP contribution in [0.4, 0.5) is 0 Å². The zero-order chi connectivity index (χ0) is 18.9. The van der Waals surface area contributed by atoms with E-state index in [1.165, 1.54) is 51.4 Å². The minimum Gasteiger partial charge on any atom is -0.174 e. The van der Waals surface area contributed by atoms with E-state index in [1.807, 2.05) is 0 Å². The van der Waals surface area contributed by atoms with Crippen molar-refractivity contribution in [3.05, 3.63) is 37.6 Å². The lowest BCUT2D eigenvalue weighted by molar-refractivity contribution is 0.662. The second-order valence-corrected chi connectivity index (χ2v) is 17.5. The van der Waals surface area contributed by atoms with Gasteiger partial charge in [0.15, 0.2) is 0 Å². The first-order valence-electron chi connectivity index (χ1n) is 10.9. The Bertz CT molecular complexity index is 531. The van der Waals surface area contributed by atoms with Gasteiger partial charge in [-0.15, -0.1) is 0 Å². The summed E-state index contributed by atoms with van der Waals surface area (Å²) in [6.45, 7) is 20.2. The Kier molecular flexibility index (Phi) is 6.57. The Morgan fingerprint density at radius 2 is 0.885 bits per heavy atom. The molecule has 0 saturated carbocycles. The smallest absolute Gasteiger partial charge is 0.104 e. The molecule has 1 aromatic carbocycles. The second-order valence-electron chi connectivity index (χ2n) is 9.31. The van der Waals surface area contributed by atoms with E-state index in [4.69, 9.17) is 13.3 Å². The Morgan fingerprint density at radius 3 is 1.15 bits per heavy atom. The van der Waals surface area contributed by atoms with E-state index >= 15 is 0 Å². The van der Waals surface area contributed by atoms with Crippen LogP contribution < -0.4 is 10.6 Å². The molecule has 2 heterocycles. The normalized spacial score (nSPS) is 42.1. The minimum atomic E-state index is -1.42. The molecule has 2 fully saturated rings. The molecule has 0 bridgehead atoms. The minimum absolute atomic E-state index is 0.755. The van der Waals surface area contributed by atoms with Gasteiger partial charge < -0.3 is 0 Å². The van der Waals surface area contributed by atoms with Crippen molar-refractivity contribution in [3.8, 4) is 0 Å². The second kappa shape index (κ2) is 8.21. The van der Waals surface area contributed by atoms with Gasteiger partial charge in [-0.25, -0.2) is 0 Å². The van der Waals surface area contributed by atoms with Gasteiger partial charge in [0.25, 0.3) is 0 Å². The highest BCUT2D eigenvalue weighted by atomic mass is 31.2. The maximum atomic E-state index is 5.08. The third-order valence-corrected chi connectivity index (χ3v) is 18.0. The zero-order valence-electron chi connectivity index (χ0n) is 17.6. The Balaban J connectivity index is 2.16. The molecule has 146 valence electrons. The molecule has 2 saturated heterocycles. The molecule has 0 radical (unpaired) electrons. The maximum Gasteiger partial charge on any atom is 0.104 e. The standard InChI is InChI=1S/C24H40P2/c1-19-13-7-8-14-20(2)25(19,5)23-17-11-12-18-24(23)26(6)21(3)15-9-10-16-22(26)4/h11-12,17-22H,5-10,13-16H2,1-4H3/t19-,20+,21-,22+,25?,26?. The van der Waals surface area contributed by atoms with Crippen molar-refractivity contribution in [2.75, 3.05) is 0 Å². The van der Waals surface area contributed by atoms with E-state index in [1.54, 1.807) is 10.6 Å². The summed E-state index contributed by atoms with van der Waals surface area (Å²) in [7, 11) is -2.84. The average molecular weight is 391 g/mol. The summed E-state index contributed by atoms with van der Waals surface area (Å²) in [6.07, 6.45) is 11.0. The van der Waals surface area contributed by atoms with Gasteiger partial charge in [0.05, 0.1) is 0 Å². The van der Waals surface area contributed by atoms with Crippen LogP contribution in [0.3, 0.4) is 0 Å². The first-order chi connectivity index (χ1) is 12.3. The quantitative estimate of drug-likeness (QED) is 0.368. The predicted molar refractivity (Wildman–Crippen MR) is 125 cm³/mol. The highest BCUT2D eigenvalue weighted by molar-refractivity contribution is 7.90. The van der Waals surface area contributed by atoms with Crippen molar-refractivity contribution in [2.24, 2.45) is 0 Å². The van der Waals surface area contributed by atoms with Gasteiger partial charge in [0.2, 0.25) is 0 Å². The van der Waals surface area contributed by atoms with Crippen LogP contribution in [0.1, 0.15) is 79.1 Å². The zero-order valence-corrected chi connectivity index (χ0v) is 19.4. The van der Waals surface area contributed by atoms with Gasteiger partial charge in [-0.2, -0.15) is 13.3 Å². The SMILES string of the molecule is [CH2-][P+]1(c2ccccc2[P+]2([CH2-])[C@H](C)CCCC[C@@H]2C)[C@H](C)CCCC[C@@H]1C. The molecule has 0 amide bonds. The fraction of sp³-hybridized carbons (Fsp3) is 0.667. The first-order valence-corrected chi connectivity index (χ1v) is 15.1. The number of benzene rings is 1. The lowest BCUT2D eigenvalue weighted by Gasteiger charge is -2.45. The van der Waals surface area contributed by atoms with E-state index in [-0.39, 0.29) is 0 Å². The molecule has 2 aliphatic rings. The maximum absolute atomic E-state index is 5.08. The Hall–Kier alpha value is 0.0800. The van der Waals surface area contributed by atoms with Crippen LogP contribution >= 0.6 is 14.5 Å². The molecule has 26 heavy (non-hydrogen) atoms.